The van der Waals surface area contributed by atoms with Gasteiger partial charge in [0.05, 0.1) is 6.04 Å². The highest BCUT2D eigenvalue weighted by molar-refractivity contribution is 5.84. The minimum Gasteiger partial charge on any atom is -0.368 e. The zero-order valence-corrected chi connectivity index (χ0v) is 18.1. The molecule has 1 aliphatic rings. The minimum absolute atomic E-state index is 0.0863. The summed E-state index contributed by atoms with van der Waals surface area (Å²) in [5, 5.41) is 6.89. The van der Waals surface area contributed by atoms with Crippen LogP contribution in [0.3, 0.4) is 0 Å². The standard InChI is InChI=1S/C27H25N5O/c28-24(33)23(16-18-10-4-1-5-11-18)30-27-21-17-22(19-12-6-2-7-13-19)29-26(21)31-25(32-27)20-14-8-3-9-15-20/h1-15,22-23H,16-17H2,(H2,28,33)(H2,29,30,31,32). The van der Waals surface area contributed by atoms with Crippen molar-refractivity contribution in [1.82, 2.24) is 9.97 Å². The van der Waals surface area contributed by atoms with Crippen molar-refractivity contribution in [2.24, 2.45) is 5.73 Å². The van der Waals surface area contributed by atoms with E-state index in [1.54, 1.807) is 0 Å². The molecular formula is C27H25N5O. The second-order valence-corrected chi connectivity index (χ2v) is 8.19. The maximum atomic E-state index is 12.3. The number of aromatic nitrogens is 2. The molecule has 6 heteroatoms. The fourth-order valence-corrected chi connectivity index (χ4v) is 4.18. The van der Waals surface area contributed by atoms with Gasteiger partial charge in [-0.25, -0.2) is 9.97 Å². The number of primary amides is 1. The average molecular weight is 436 g/mol. The van der Waals surface area contributed by atoms with Crippen LogP contribution < -0.4 is 16.4 Å². The van der Waals surface area contributed by atoms with Gasteiger partial charge in [0.2, 0.25) is 5.91 Å². The maximum Gasteiger partial charge on any atom is 0.240 e. The Morgan fingerprint density at radius 2 is 1.58 bits per heavy atom. The largest absolute Gasteiger partial charge is 0.368 e. The van der Waals surface area contributed by atoms with Crippen LogP contribution in [0.5, 0.6) is 0 Å². The average Bonchev–Trinajstić information content (AvgIpc) is 3.30. The van der Waals surface area contributed by atoms with Crippen LogP contribution in [-0.2, 0) is 17.6 Å². The molecule has 0 aliphatic carbocycles. The first kappa shape index (κ1) is 20.7. The monoisotopic (exact) mass is 435 g/mol. The van der Waals surface area contributed by atoms with Crippen molar-refractivity contribution in [3.8, 4) is 11.4 Å². The Hall–Kier alpha value is -4.19. The van der Waals surface area contributed by atoms with Gasteiger partial charge in [-0.2, -0.15) is 0 Å². The predicted molar refractivity (Wildman–Crippen MR) is 131 cm³/mol. The summed E-state index contributed by atoms with van der Waals surface area (Å²) < 4.78 is 0. The first-order valence-corrected chi connectivity index (χ1v) is 11.0. The highest BCUT2D eigenvalue weighted by atomic mass is 16.1. The molecule has 6 nitrogen and oxygen atoms in total. The number of carbonyl (C=O) groups is 1. The molecule has 33 heavy (non-hydrogen) atoms. The van der Waals surface area contributed by atoms with Crippen molar-refractivity contribution in [3.63, 3.8) is 0 Å². The molecule has 4 aromatic rings. The molecule has 0 spiro atoms. The fraction of sp³-hybridized carbons (Fsp3) is 0.148. The van der Waals surface area contributed by atoms with Crippen molar-refractivity contribution in [2.45, 2.75) is 24.9 Å². The number of nitrogens with one attached hydrogen (secondary N) is 2. The van der Waals surface area contributed by atoms with Gasteiger partial charge in [-0.1, -0.05) is 91.0 Å². The molecule has 0 bridgehead atoms. The number of benzene rings is 3. The van der Waals surface area contributed by atoms with Gasteiger partial charge in [-0.05, 0) is 11.1 Å². The lowest BCUT2D eigenvalue weighted by atomic mass is 10.0. The smallest absolute Gasteiger partial charge is 0.240 e. The molecule has 1 amide bonds. The normalized spacial score (nSPS) is 15.3. The number of carbonyl (C=O) groups excluding carboxylic acids is 1. The highest BCUT2D eigenvalue weighted by Gasteiger charge is 2.29. The summed E-state index contributed by atoms with van der Waals surface area (Å²) in [5.74, 6) is 1.60. The Morgan fingerprint density at radius 1 is 0.939 bits per heavy atom. The molecule has 4 N–H and O–H groups in total. The summed E-state index contributed by atoms with van der Waals surface area (Å²) in [6.07, 6.45) is 1.19. The molecule has 0 fully saturated rings. The first-order valence-electron chi connectivity index (χ1n) is 11.0. The van der Waals surface area contributed by atoms with E-state index in [0.717, 1.165) is 22.5 Å². The zero-order chi connectivity index (χ0) is 22.6. The molecule has 164 valence electrons. The third kappa shape index (κ3) is 4.55. The Bertz CT molecular complexity index is 1250. The molecule has 1 aliphatic heterocycles. The minimum atomic E-state index is -0.592. The van der Waals surface area contributed by atoms with Crippen LogP contribution in [0.15, 0.2) is 91.0 Å². The zero-order valence-electron chi connectivity index (χ0n) is 18.1. The van der Waals surface area contributed by atoms with Crippen LogP contribution in [-0.4, -0.2) is 21.9 Å². The lowest BCUT2D eigenvalue weighted by Gasteiger charge is -2.19. The number of hydrogen-bond acceptors (Lipinski definition) is 5. The van der Waals surface area contributed by atoms with Crippen LogP contribution in [0, 0.1) is 0 Å². The number of anilines is 2. The topological polar surface area (TPSA) is 92.9 Å². The maximum absolute atomic E-state index is 12.3. The van der Waals surface area contributed by atoms with E-state index in [1.165, 1.54) is 5.56 Å². The van der Waals surface area contributed by atoms with Crippen molar-refractivity contribution in [3.05, 3.63) is 108 Å². The fourth-order valence-electron chi connectivity index (χ4n) is 4.18. The van der Waals surface area contributed by atoms with Crippen LogP contribution in [0.1, 0.15) is 22.7 Å². The van der Waals surface area contributed by atoms with Gasteiger partial charge < -0.3 is 16.4 Å². The Morgan fingerprint density at radius 3 is 2.24 bits per heavy atom. The van der Waals surface area contributed by atoms with Gasteiger partial charge in [-0.15, -0.1) is 0 Å². The van der Waals surface area contributed by atoms with Crippen LogP contribution in [0.4, 0.5) is 11.6 Å². The SMILES string of the molecule is NC(=O)C(Cc1ccccc1)Nc1nc(-c2ccccc2)nc2c1CC(c1ccccc1)N2. The van der Waals surface area contributed by atoms with Gasteiger partial charge in [-0.3, -0.25) is 4.79 Å². The van der Waals surface area contributed by atoms with E-state index in [2.05, 4.69) is 22.8 Å². The molecule has 2 heterocycles. The number of amides is 1. The lowest BCUT2D eigenvalue weighted by Crippen LogP contribution is -2.37. The summed E-state index contributed by atoms with van der Waals surface area (Å²) >= 11 is 0. The van der Waals surface area contributed by atoms with E-state index in [0.29, 0.717) is 24.5 Å². The number of fused-ring (bicyclic) bond motifs is 1. The van der Waals surface area contributed by atoms with Gasteiger partial charge in [0, 0.05) is 24.0 Å². The van der Waals surface area contributed by atoms with Gasteiger partial charge in [0.25, 0.3) is 0 Å². The molecule has 1 aromatic heterocycles. The summed E-state index contributed by atoms with van der Waals surface area (Å²) in [5.41, 5.74) is 9.86. The Balaban J connectivity index is 1.52. The number of rotatable bonds is 7. The lowest BCUT2D eigenvalue weighted by molar-refractivity contribution is -0.118. The molecule has 0 saturated carbocycles. The second kappa shape index (κ2) is 9.12. The number of nitrogens with zero attached hydrogens (tertiary/aromatic N) is 2. The number of hydrogen-bond donors (Lipinski definition) is 3. The van der Waals surface area contributed by atoms with Gasteiger partial charge in [0.1, 0.15) is 17.7 Å². The molecule has 0 radical (unpaired) electrons. The van der Waals surface area contributed by atoms with E-state index in [-0.39, 0.29) is 6.04 Å². The molecule has 3 aromatic carbocycles. The second-order valence-electron chi connectivity index (χ2n) is 8.19. The highest BCUT2D eigenvalue weighted by Crippen LogP contribution is 2.38. The molecule has 0 saturated heterocycles. The molecule has 5 rings (SSSR count). The number of nitrogens with two attached hydrogens (primary N) is 1. The van der Waals surface area contributed by atoms with E-state index >= 15 is 0 Å². The Kier molecular flexibility index (Phi) is 5.72. The summed E-state index contributed by atoms with van der Waals surface area (Å²) in [6.45, 7) is 0. The van der Waals surface area contributed by atoms with E-state index in [4.69, 9.17) is 15.7 Å². The summed E-state index contributed by atoms with van der Waals surface area (Å²) in [4.78, 5) is 22.0. The van der Waals surface area contributed by atoms with Crippen molar-refractivity contribution < 1.29 is 4.79 Å². The summed E-state index contributed by atoms with van der Waals surface area (Å²) in [7, 11) is 0. The van der Waals surface area contributed by atoms with E-state index in [1.807, 2.05) is 78.9 Å². The third-order valence-corrected chi connectivity index (χ3v) is 5.90. The van der Waals surface area contributed by atoms with Crippen LogP contribution >= 0.6 is 0 Å². The third-order valence-electron chi connectivity index (χ3n) is 5.90. The van der Waals surface area contributed by atoms with Crippen molar-refractivity contribution >= 4 is 17.5 Å². The van der Waals surface area contributed by atoms with Crippen LogP contribution in [0.25, 0.3) is 11.4 Å². The molecular weight excluding hydrogens is 410 g/mol. The molecule has 2 unspecified atom stereocenters. The van der Waals surface area contributed by atoms with E-state index < -0.39 is 11.9 Å². The van der Waals surface area contributed by atoms with Crippen molar-refractivity contribution in [2.75, 3.05) is 10.6 Å². The van der Waals surface area contributed by atoms with Gasteiger partial charge in [0.15, 0.2) is 5.82 Å². The van der Waals surface area contributed by atoms with E-state index in [9.17, 15) is 4.79 Å². The first-order chi connectivity index (χ1) is 16.2. The molecule has 2 atom stereocenters. The Labute approximate surface area is 192 Å². The summed E-state index contributed by atoms with van der Waals surface area (Å²) in [6, 6.07) is 29.4. The van der Waals surface area contributed by atoms with Gasteiger partial charge >= 0.3 is 0 Å². The van der Waals surface area contributed by atoms with Crippen LogP contribution in [0.2, 0.25) is 0 Å². The quantitative estimate of drug-likeness (QED) is 0.401. The predicted octanol–water partition coefficient (Wildman–Crippen LogP) is 4.36. The van der Waals surface area contributed by atoms with Crippen molar-refractivity contribution in [1.29, 1.82) is 0 Å².